The van der Waals surface area contributed by atoms with Crippen molar-refractivity contribution in [1.82, 2.24) is 15.5 Å². The molecule has 1 saturated carbocycles. The zero-order valence-corrected chi connectivity index (χ0v) is 13.1. The van der Waals surface area contributed by atoms with Crippen molar-refractivity contribution in [2.45, 2.75) is 63.4 Å². The molecule has 1 aromatic rings. The van der Waals surface area contributed by atoms with Gasteiger partial charge in [0.15, 0.2) is 0 Å². The Morgan fingerprint density at radius 3 is 2.76 bits per heavy atom. The molecule has 3 rings (SSSR count). The summed E-state index contributed by atoms with van der Waals surface area (Å²) in [5, 5.41) is 7.64. The summed E-state index contributed by atoms with van der Waals surface area (Å²) in [6.45, 7) is 2.27. The van der Waals surface area contributed by atoms with E-state index in [0.29, 0.717) is 0 Å². The van der Waals surface area contributed by atoms with Gasteiger partial charge in [0.2, 0.25) is 11.7 Å². The molecule has 21 heavy (non-hydrogen) atoms. The van der Waals surface area contributed by atoms with Crippen LogP contribution in [-0.4, -0.2) is 30.3 Å². The van der Waals surface area contributed by atoms with Crippen LogP contribution in [0.15, 0.2) is 4.52 Å². The van der Waals surface area contributed by atoms with Crippen LogP contribution in [0.2, 0.25) is 0 Å². The Labute approximate surface area is 126 Å². The predicted molar refractivity (Wildman–Crippen MR) is 80.0 cm³/mol. The Balaban J connectivity index is 1.64. The molecular weight excluding hydrogens is 266 g/mol. The first-order chi connectivity index (χ1) is 10.3. The zero-order chi connectivity index (χ0) is 14.5. The summed E-state index contributed by atoms with van der Waals surface area (Å²) in [4.78, 5) is 4.66. The summed E-state index contributed by atoms with van der Waals surface area (Å²) < 4.78 is 11.3. The molecule has 0 aromatic carbocycles. The van der Waals surface area contributed by atoms with Gasteiger partial charge in [-0.2, -0.15) is 4.98 Å². The zero-order valence-electron chi connectivity index (χ0n) is 13.1. The lowest BCUT2D eigenvalue weighted by Gasteiger charge is -2.27. The molecule has 118 valence electrons. The molecule has 1 aliphatic heterocycles. The van der Waals surface area contributed by atoms with Crippen LogP contribution >= 0.6 is 0 Å². The third-order valence-electron chi connectivity index (χ3n) is 5.11. The van der Waals surface area contributed by atoms with Gasteiger partial charge in [0.05, 0.1) is 0 Å². The Bertz CT molecular complexity index is 432. The van der Waals surface area contributed by atoms with Crippen molar-refractivity contribution in [3.63, 3.8) is 0 Å². The number of hydrogen-bond donors (Lipinski definition) is 1. The van der Waals surface area contributed by atoms with Crippen LogP contribution in [0, 0.1) is 5.92 Å². The number of nitrogens with zero attached hydrogens (tertiary/aromatic N) is 2. The van der Waals surface area contributed by atoms with E-state index in [2.05, 4.69) is 15.5 Å². The molecule has 0 amide bonds. The lowest BCUT2D eigenvalue weighted by atomic mass is 9.93. The topological polar surface area (TPSA) is 60.2 Å². The molecule has 2 heterocycles. The lowest BCUT2D eigenvalue weighted by Crippen LogP contribution is -2.29. The van der Waals surface area contributed by atoms with Crippen molar-refractivity contribution in [3.05, 3.63) is 11.7 Å². The molecule has 1 saturated heterocycles. The summed E-state index contributed by atoms with van der Waals surface area (Å²) in [5.41, 5.74) is -0.312. The van der Waals surface area contributed by atoms with Gasteiger partial charge in [0, 0.05) is 13.5 Å². The van der Waals surface area contributed by atoms with Gasteiger partial charge in [-0.3, -0.25) is 0 Å². The van der Waals surface area contributed by atoms with Crippen LogP contribution in [0.3, 0.4) is 0 Å². The summed E-state index contributed by atoms with van der Waals surface area (Å²) in [6, 6.07) is 0. The molecule has 0 spiro atoms. The molecule has 2 aliphatic rings. The minimum Gasteiger partial charge on any atom is -0.370 e. The Kier molecular flexibility index (Phi) is 4.91. The van der Waals surface area contributed by atoms with Crippen LogP contribution in [0.1, 0.15) is 63.1 Å². The number of methoxy groups -OCH3 is 1. The number of hydrogen-bond acceptors (Lipinski definition) is 5. The van der Waals surface area contributed by atoms with E-state index in [0.717, 1.165) is 56.4 Å². The van der Waals surface area contributed by atoms with Crippen LogP contribution in [-0.2, 0) is 16.8 Å². The fourth-order valence-electron chi connectivity index (χ4n) is 3.65. The molecular formula is C16H27N3O2. The number of rotatable bonds is 5. The average molecular weight is 293 g/mol. The van der Waals surface area contributed by atoms with E-state index in [9.17, 15) is 0 Å². The highest BCUT2D eigenvalue weighted by Crippen LogP contribution is 2.37. The van der Waals surface area contributed by atoms with E-state index in [1.54, 1.807) is 7.11 Å². The third-order valence-corrected chi connectivity index (χ3v) is 5.11. The van der Waals surface area contributed by atoms with Crippen molar-refractivity contribution in [2.75, 3.05) is 20.2 Å². The quantitative estimate of drug-likeness (QED) is 0.846. The second kappa shape index (κ2) is 6.88. The van der Waals surface area contributed by atoms with Gasteiger partial charge in [-0.1, -0.05) is 30.8 Å². The van der Waals surface area contributed by atoms with E-state index >= 15 is 0 Å². The van der Waals surface area contributed by atoms with Gasteiger partial charge in [-0.15, -0.1) is 0 Å². The van der Waals surface area contributed by atoms with Gasteiger partial charge in [-0.25, -0.2) is 0 Å². The Hall–Kier alpha value is -0.940. The molecule has 5 nitrogen and oxygen atoms in total. The standard InChI is InChI=1S/C16H27N3O2/c1-20-16(9-4-2-3-5-10-16)15-18-14(21-19-15)7-6-13-8-11-17-12-13/h13,17H,2-12H2,1H3. The van der Waals surface area contributed by atoms with Crippen molar-refractivity contribution in [1.29, 1.82) is 0 Å². The molecule has 5 heteroatoms. The minimum atomic E-state index is -0.312. The van der Waals surface area contributed by atoms with Crippen LogP contribution in [0.5, 0.6) is 0 Å². The smallest absolute Gasteiger partial charge is 0.226 e. The largest absolute Gasteiger partial charge is 0.370 e. The highest BCUT2D eigenvalue weighted by molar-refractivity contribution is 5.03. The highest BCUT2D eigenvalue weighted by Gasteiger charge is 2.37. The second-order valence-corrected chi connectivity index (χ2v) is 6.52. The molecule has 2 fully saturated rings. The SMILES string of the molecule is COC1(c2noc(CCC3CCNC3)n2)CCCCCC1. The van der Waals surface area contributed by atoms with Gasteiger partial charge < -0.3 is 14.6 Å². The van der Waals surface area contributed by atoms with Crippen molar-refractivity contribution >= 4 is 0 Å². The van der Waals surface area contributed by atoms with Gasteiger partial charge in [-0.05, 0) is 44.7 Å². The fourth-order valence-corrected chi connectivity index (χ4v) is 3.65. The molecule has 1 unspecified atom stereocenters. The molecule has 0 bridgehead atoms. The maximum absolute atomic E-state index is 5.84. The maximum Gasteiger partial charge on any atom is 0.226 e. The van der Waals surface area contributed by atoms with E-state index in [1.165, 1.54) is 32.1 Å². The maximum atomic E-state index is 5.84. The van der Waals surface area contributed by atoms with Gasteiger partial charge in [0.25, 0.3) is 0 Å². The second-order valence-electron chi connectivity index (χ2n) is 6.52. The summed E-state index contributed by atoms with van der Waals surface area (Å²) in [6.07, 6.45) is 10.2. The van der Waals surface area contributed by atoms with Gasteiger partial charge in [0.1, 0.15) is 5.60 Å². The van der Waals surface area contributed by atoms with Gasteiger partial charge >= 0.3 is 0 Å². The molecule has 1 aliphatic carbocycles. The Morgan fingerprint density at radius 1 is 1.29 bits per heavy atom. The summed E-state index contributed by atoms with van der Waals surface area (Å²) in [7, 11) is 1.78. The van der Waals surface area contributed by atoms with Crippen LogP contribution < -0.4 is 5.32 Å². The lowest BCUT2D eigenvalue weighted by molar-refractivity contribution is -0.0365. The van der Waals surface area contributed by atoms with E-state index < -0.39 is 0 Å². The number of nitrogens with one attached hydrogen (secondary N) is 1. The molecule has 1 atom stereocenters. The minimum absolute atomic E-state index is 0.312. The number of aryl methyl sites for hydroxylation is 1. The van der Waals surface area contributed by atoms with Crippen molar-refractivity contribution < 1.29 is 9.26 Å². The first-order valence-corrected chi connectivity index (χ1v) is 8.41. The summed E-state index contributed by atoms with van der Waals surface area (Å²) in [5.74, 6) is 2.30. The first kappa shape index (κ1) is 15.0. The average Bonchev–Trinajstić information content (AvgIpc) is 3.13. The monoisotopic (exact) mass is 293 g/mol. The van der Waals surface area contributed by atoms with Crippen LogP contribution in [0.4, 0.5) is 0 Å². The van der Waals surface area contributed by atoms with E-state index in [4.69, 9.17) is 9.26 Å². The molecule has 1 aromatic heterocycles. The number of ether oxygens (including phenoxy) is 1. The van der Waals surface area contributed by atoms with Crippen LogP contribution in [0.25, 0.3) is 0 Å². The third kappa shape index (κ3) is 3.46. The highest BCUT2D eigenvalue weighted by atomic mass is 16.5. The van der Waals surface area contributed by atoms with Crippen molar-refractivity contribution in [2.24, 2.45) is 5.92 Å². The molecule has 0 radical (unpaired) electrons. The molecule has 1 N–H and O–H groups in total. The Morgan fingerprint density at radius 2 is 2.10 bits per heavy atom. The van der Waals surface area contributed by atoms with E-state index in [1.807, 2.05) is 0 Å². The van der Waals surface area contributed by atoms with E-state index in [-0.39, 0.29) is 5.60 Å². The predicted octanol–water partition coefficient (Wildman–Crippen LogP) is 2.81. The number of aromatic nitrogens is 2. The first-order valence-electron chi connectivity index (χ1n) is 8.41. The summed E-state index contributed by atoms with van der Waals surface area (Å²) >= 11 is 0. The van der Waals surface area contributed by atoms with Crippen molar-refractivity contribution in [3.8, 4) is 0 Å². The normalized spacial score (nSPS) is 25.9. The fraction of sp³-hybridized carbons (Fsp3) is 0.875.